The van der Waals surface area contributed by atoms with E-state index in [-0.39, 0.29) is 25.9 Å². The van der Waals surface area contributed by atoms with E-state index in [1.807, 2.05) is 0 Å². The molecule has 0 aliphatic carbocycles. The average molecular weight is 1040 g/mol. The number of aliphatic hydroxyl groups excluding tert-OH is 1. The van der Waals surface area contributed by atoms with Crippen LogP contribution in [0.2, 0.25) is 0 Å². The van der Waals surface area contributed by atoms with Crippen LogP contribution in [0.1, 0.15) is 278 Å². The van der Waals surface area contributed by atoms with Gasteiger partial charge in [-0.05, 0) is 83.5 Å². The number of phosphoric acid groups is 1. The van der Waals surface area contributed by atoms with Crippen LogP contribution in [-0.4, -0.2) is 66.5 Å². The Morgan fingerprint density at radius 1 is 0.389 bits per heavy atom. The molecule has 0 saturated heterocycles. The molecule has 0 aliphatic rings. The van der Waals surface area contributed by atoms with Crippen molar-refractivity contribution in [3.63, 3.8) is 0 Å². The molecular weight excluding hydrogens is 928 g/mol. The second kappa shape index (κ2) is 54.7. The quantitative estimate of drug-likeness (QED) is 0.0197. The first-order valence-corrected chi connectivity index (χ1v) is 31.0. The highest BCUT2D eigenvalue weighted by Gasteiger charge is 2.28. The number of unbranched alkanes of at least 4 members (excludes halogenated alkanes) is 30. The van der Waals surface area contributed by atoms with E-state index < -0.39 is 57.8 Å². The van der Waals surface area contributed by atoms with Gasteiger partial charge in [-0.2, -0.15) is 0 Å². The molecule has 0 bridgehead atoms. The van der Waals surface area contributed by atoms with Crippen molar-refractivity contribution in [3.05, 3.63) is 48.6 Å². The maximum Gasteiger partial charge on any atom is 0.472 e. The van der Waals surface area contributed by atoms with Gasteiger partial charge >= 0.3 is 25.7 Å². The molecular formula is C60H109O11P. The smallest absolute Gasteiger partial charge is 0.462 e. The fourth-order valence-corrected chi connectivity index (χ4v) is 8.97. The standard InChI is InChI=1S/C60H109O11P/c1-4-7-10-13-16-19-22-25-26-27-28-29-30-33-36-39-42-45-48-51-60(64)71-57(53-67-58(62)49-46-43-40-37-34-31-23-20-17-14-11-8-5-2)55-69-72(65,66)68-54-56(52-61)70-59(63)50-47-44-41-38-35-32-24-21-18-15-12-9-6-3/h16,19-20,23,25-26,28-29,56-57,61H,4-15,17-18,21-22,24,27,30-55H2,1-3H3,(H,65,66)/b19-16-,23-20-,26-25-,29-28-. The Balaban J connectivity index is 4.73. The topological polar surface area (TPSA) is 155 Å². The molecule has 2 N–H and O–H groups in total. The minimum absolute atomic E-state index is 0.153. The first-order chi connectivity index (χ1) is 35.2. The normalized spacial score (nSPS) is 13.7. The van der Waals surface area contributed by atoms with E-state index in [9.17, 15) is 28.9 Å². The summed E-state index contributed by atoms with van der Waals surface area (Å²) in [4.78, 5) is 48.5. The summed E-state index contributed by atoms with van der Waals surface area (Å²) in [6.07, 6.45) is 57.7. The Bertz CT molecular complexity index is 1400. The van der Waals surface area contributed by atoms with Crippen molar-refractivity contribution < 1.29 is 52.2 Å². The Labute approximate surface area is 441 Å². The third kappa shape index (κ3) is 52.3. The second-order valence-electron chi connectivity index (χ2n) is 19.8. The number of phosphoric ester groups is 1. The van der Waals surface area contributed by atoms with Crippen LogP contribution in [0, 0.1) is 0 Å². The Morgan fingerprint density at radius 3 is 1.10 bits per heavy atom. The van der Waals surface area contributed by atoms with Crippen molar-refractivity contribution in [2.45, 2.75) is 290 Å². The number of hydrogen-bond donors (Lipinski definition) is 2. The predicted octanol–water partition coefficient (Wildman–Crippen LogP) is 17.4. The molecule has 12 heteroatoms. The van der Waals surface area contributed by atoms with E-state index in [0.717, 1.165) is 109 Å². The fraction of sp³-hybridized carbons (Fsp3) is 0.817. The minimum atomic E-state index is -4.75. The second-order valence-corrected chi connectivity index (χ2v) is 21.3. The largest absolute Gasteiger partial charge is 0.472 e. The van der Waals surface area contributed by atoms with Gasteiger partial charge in [0.2, 0.25) is 0 Å². The highest BCUT2D eigenvalue weighted by atomic mass is 31.2. The summed E-state index contributed by atoms with van der Waals surface area (Å²) < 4.78 is 39.5. The maximum atomic E-state index is 12.9. The van der Waals surface area contributed by atoms with Gasteiger partial charge in [-0.1, -0.05) is 223 Å². The number of carbonyl (C=O) groups excluding carboxylic acids is 3. The van der Waals surface area contributed by atoms with Gasteiger partial charge in [-0.3, -0.25) is 23.4 Å². The molecule has 72 heavy (non-hydrogen) atoms. The summed E-state index contributed by atoms with van der Waals surface area (Å²) in [5, 5.41) is 9.81. The van der Waals surface area contributed by atoms with Gasteiger partial charge in [0.05, 0.1) is 19.8 Å². The van der Waals surface area contributed by atoms with Crippen LogP contribution in [0.5, 0.6) is 0 Å². The van der Waals surface area contributed by atoms with Crippen LogP contribution < -0.4 is 0 Å². The van der Waals surface area contributed by atoms with Gasteiger partial charge in [0, 0.05) is 19.3 Å². The van der Waals surface area contributed by atoms with Crippen molar-refractivity contribution in [2.24, 2.45) is 0 Å². The molecule has 3 atom stereocenters. The number of rotatable bonds is 55. The van der Waals surface area contributed by atoms with E-state index in [1.54, 1.807) is 0 Å². The number of hydrogen-bond acceptors (Lipinski definition) is 10. The molecule has 0 amide bonds. The summed E-state index contributed by atoms with van der Waals surface area (Å²) in [6, 6.07) is 0. The van der Waals surface area contributed by atoms with Crippen molar-refractivity contribution in [3.8, 4) is 0 Å². The zero-order valence-electron chi connectivity index (χ0n) is 46.4. The molecule has 0 radical (unpaired) electrons. The van der Waals surface area contributed by atoms with Crippen molar-refractivity contribution in [2.75, 3.05) is 26.4 Å². The van der Waals surface area contributed by atoms with Crippen LogP contribution >= 0.6 is 7.82 Å². The van der Waals surface area contributed by atoms with Crippen molar-refractivity contribution in [1.29, 1.82) is 0 Å². The summed E-state index contributed by atoms with van der Waals surface area (Å²) >= 11 is 0. The maximum absolute atomic E-state index is 12.9. The molecule has 11 nitrogen and oxygen atoms in total. The first-order valence-electron chi connectivity index (χ1n) is 29.5. The third-order valence-electron chi connectivity index (χ3n) is 12.7. The van der Waals surface area contributed by atoms with Gasteiger partial charge in [0.15, 0.2) is 6.10 Å². The van der Waals surface area contributed by atoms with Crippen LogP contribution in [0.25, 0.3) is 0 Å². The van der Waals surface area contributed by atoms with Crippen LogP contribution in [-0.2, 0) is 42.2 Å². The Hall–Kier alpha value is -2.56. The molecule has 0 saturated carbocycles. The van der Waals surface area contributed by atoms with Gasteiger partial charge in [-0.15, -0.1) is 0 Å². The Kier molecular flexibility index (Phi) is 52.7. The van der Waals surface area contributed by atoms with Crippen LogP contribution in [0.15, 0.2) is 48.6 Å². The SMILES string of the molecule is CCCCC/C=C\C/C=C\C/C=C\CCCCCCCCC(=O)OC(COC(=O)CCCCCCC/C=C\CCCCCC)COP(=O)(O)OCC(CO)OC(=O)CCCCCCCCCCCCCCC. The lowest BCUT2D eigenvalue weighted by Gasteiger charge is -2.21. The van der Waals surface area contributed by atoms with E-state index in [4.69, 9.17) is 23.3 Å². The molecule has 3 unspecified atom stereocenters. The van der Waals surface area contributed by atoms with Gasteiger partial charge < -0.3 is 24.2 Å². The zero-order chi connectivity index (χ0) is 52.7. The highest BCUT2D eigenvalue weighted by molar-refractivity contribution is 7.47. The molecule has 0 aromatic rings. The van der Waals surface area contributed by atoms with Crippen LogP contribution in [0.3, 0.4) is 0 Å². The van der Waals surface area contributed by atoms with E-state index in [0.29, 0.717) is 19.3 Å². The van der Waals surface area contributed by atoms with Crippen LogP contribution in [0.4, 0.5) is 0 Å². The highest BCUT2D eigenvalue weighted by Crippen LogP contribution is 2.43. The average Bonchev–Trinajstić information content (AvgIpc) is 3.37. The number of aliphatic hydroxyl groups is 1. The lowest BCUT2D eigenvalue weighted by atomic mass is 10.0. The van der Waals surface area contributed by atoms with Crippen molar-refractivity contribution >= 4 is 25.7 Å². The number of esters is 3. The summed E-state index contributed by atoms with van der Waals surface area (Å²) in [5.41, 5.74) is 0. The lowest BCUT2D eigenvalue weighted by molar-refractivity contribution is -0.161. The first kappa shape index (κ1) is 69.4. The number of ether oxygens (including phenoxy) is 3. The molecule has 0 heterocycles. The zero-order valence-corrected chi connectivity index (χ0v) is 47.3. The van der Waals surface area contributed by atoms with Gasteiger partial charge in [-0.25, -0.2) is 4.57 Å². The van der Waals surface area contributed by atoms with Gasteiger partial charge in [0.1, 0.15) is 12.7 Å². The summed E-state index contributed by atoms with van der Waals surface area (Å²) in [5.74, 6) is -1.48. The lowest BCUT2D eigenvalue weighted by Crippen LogP contribution is -2.30. The van der Waals surface area contributed by atoms with E-state index in [1.165, 1.54) is 109 Å². The number of carbonyl (C=O) groups is 3. The minimum Gasteiger partial charge on any atom is -0.462 e. The molecule has 0 aromatic heterocycles. The predicted molar refractivity (Wildman–Crippen MR) is 298 cm³/mol. The molecule has 0 aliphatic heterocycles. The van der Waals surface area contributed by atoms with E-state index in [2.05, 4.69) is 69.4 Å². The molecule has 0 rings (SSSR count). The molecule has 420 valence electrons. The van der Waals surface area contributed by atoms with Crippen molar-refractivity contribution in [1.82, 2.24) is 0 Å². The fourth-order valence-electron chi connectivity index (χ4n) is 8.18. The molecule has 0 aromatic carbocycles. The van der Waals surface area contributed by atoms with Gasteiger partial charge in [0.25, 0.3) is 0 Å². The number of allylic oxidation sites excluding steroid dienone is 8. The third-order valence-corrected chi connectivity index (χ3v) is 13.7. The Morgan fingerprint density at radius 2 is 0.681 bits per heavy atom. The van der Waals surface area contributed by atoms with E-state index >= 15 is 0 Å². The molecule has 0 spiro atoms. The molecule has 0 fully saturated rings. The summed E-state index contributed by atoms with van der Waals surface area (Å²) in [6.45, 7) is 4.61. The monoisotopic (exact) mass is 1040 g/mol. The summed E-state index contributed by atoms with van der Waals surface area (Å²) in [7, 11) is -4.75.